The number of para-hydroxylation sites is 1. The number of nitrogens with zero attached hydrogens (tertiary/aromatic N) is 1. The van der Waals surface area contributed by atoms with E-state index < -0.39 is 0 Å². The van der Waals surface area contributed by atoms with Crippen LogP contribution < -0.4 is 4.90 Å². The van der Waals surface area contributed by atoms with Crippen molar-refractivity contribution in [3.05, 3.63) is 54.6 Å². The molecule has 2 heteroatoms. The lowest BCUT2D eigenvalue weighted by molar-refractivity contribution is -0.113. The molecular formula is C13H15NO. The van der Waals surface area contributed by atoms with Gasteiger partial charge in [0.05, 0.1) is 0 Å². The largest absolute Gasteiger partial charge is 0.312 e. The zero-order valence-corrected chi connectivity index (χ0v) is 9.05. The summed E-state index contributed by atoms with van der Waals surface area (Å²) in [7, 11) is 1.76. The van der Waals surface area contributed by atoms with E-state index in [2.05, 4.69) is 0 Å². The fraction of sp³-hybridized carbons (Fsp3) is 0.154. The quantitative estimate of drug-likeness (QED) is 0.544. The van der Waals surface area contributed by atoms with Crippen molar-refractivity contribution in [3.63, 3.8) is 0 Å². The Hall–Kier alpha value is -1.83. The lowest BCUT2D eigenvalue weighted by atomic mass is 10.3. The average Bonchev–Trinajstić information content (AvgIpc) is 2.29. The predicted octanol–water partition coefficient (Wildman–Crippen LogP) is 2.78. The predicted molar refractivity (Wildman–Crippen MR) is 63.8 cm³/mol. The molecule has 2 nitrogen and oxygen atoms in total. The summed E-state index contributed by atoms with van der Waals surface area (Å²) in [5.41, 5.74) is 0.896. The number of benzene rings is 1. The highest BCUT2D eigenvalue weighted by Gasteiger charge is 2.05. The monoisotopic (exact) mass is 201 g/mol. The van der Waals surface area contributed by atoms with Crippen molar-refractivity contribution in [2.75, 3.05) is 11.9 Å². The van der Waals surface area contributed by atoms with Gasteiger partial charge in [-0.25, -0.2) is 0 Å². The first-order valence-corrected chi connectivity index (χ1v) is 4.88. The third-order valence-electron chi connectivity index (χ3n) is 2.02. The zero-order valence-electron chi connectivity index (χ0n) is 9.05. The molecule has 0 aliphatic carbocycles. The molecule has 1 rings (SSSR count). The van der Waals surface area contributed by atoms with Crippen LogP contribution in [0.5, 0.6) is 0 Å². The van der Waals surface area contributed by atoms with Gasteiger partial charge in [0.2, 0.25) is 0 Å². The van der Waals surface area contributed by atoms with Gasteiger partial charge in [-0.2, -0.15) is 0 Å². The van der Waals surface area contributed by atoms with Crippen LogP contribution in [-0.2, 0) is 4.79 Å². The summed E-state index contributed by atoms with van der Waals surface area (Å²) in [6, 6.07) is 9.56. The van der Waals surface area contributed by atoms with E-state index in [0.717, 1.165) is 5.69 Å². The van der Waals surface area contributed by atoms with Gasteiger partial charge in [-0.1, -0.05) is 36.4 Å². The molecule has 1 aromatic carbocycles. The van der Waals surface area contributed by atoms with Crippen molar-refractivity contribution in [2.24, 2.45) is 0 Å². The molecule has 0 unspecified atom stereocenters. The van der Waals surface area contributed by atoms with Crippen molar-refractivity contribution >= 4 is 11.6 Å². The molecule has 1 aromatic rings. The molecule has 0 aliphatic heterocycles. The van der Waals surface area contributed by atoms with E-state index in [1.807, 2.05) is 49.4 Å². The molecule has 0 aliphatic rings. The summed E-state index contributed by atoms with van der Waals surface area (Å²) in [6.45, 7) is 1.91. The van der Waals surface area contributed by atoms with Crippen LogP contribution in [0.25, 0.3) is 0 Å². The van der Waals surface area contributed by atoms with E-state index >= 15 is 0 Å². The Morgan fingerprint density at radius 3 is 2.47 bits per heavy atom. The summed E-state index contributed by atoms with van der Waals surface area (Å²) in [5.74, 6) is -0.0284. The summed E-state index contributed by atoms with van der Waals surface area (Å²) in [4.78, 5) is 13.2. The van der Waals surface area contributed by atoms with Crippen LogP contribution in [0.4, 0.5) is 5.69 Å². The standard InChI is InChI=1S/C13H15NO/c1-3-4-6-11-13(15)14(2)12-9-7-5-8-10-12/h3-11H,1-2H3/b4-3-,11-6-. The number of allylic oxidation sites excluding steroid dienone is 3. The second-order valence-corrected chi connectivity index (χ2v) is 3.12. The number of hydrogen-bond donors (Lipinski definition) is 0. The average molecular weight is 201 g/mol. The first-order chi connectivity index (χ1) is 7.25. The second kappa shape index (κ2) is 5.81. The number of amides is 1. The van der Waals surface area contributed by atoms with Gasteiger partial charge >= 0.3 is 0 Å². The second-order valence-electron chi connectivity index (χ2n) is 3.12. The number of anilines is 1. The van der Waals surface area contributed by atoms with E-state index in [1.165, 1.54) is 0 Å². The zero-order chi connectivity index (χ0) is 11.1. The van der Waals surface area contributed by atoms with Gasteiger partial charge in [-0.05, 0) is 19.1 Å². The third kappa shape index (κ3) is 3.43. The normalized spacial score (nSPS) is 11.1. The summed E-state index contributed by atoms with van der Waals surface area (Å²) in [5, 5.41) is 0. The Balaban J connectivity index is 2.69. The number of carbonyl (C=O) groups excluding carboxylic acids is 1. The topological polar surface area (TPSA) is 20.3 Å². The molecule has 78 valence electrons. The van der Waals surface area contributed by atoms with Gasteiger partial charge in [0.25, 0.3) is 5.91 Å². The van der Waals surface area contributed by atoms with Crippen LogP contribution in [0.1, 0.15) is 6.92 Å². The lowest BCUT2D eigenvalue weighted by Crippen LogP contribution is -2.23. The smallest absolute Gasteiger partial charge is 0.250 e. The SMILES string of the molecule is C/C=C\C=C/C(=O)N(C)c1ccccc1. The van der Waals surface area contributed by atoms with Gasteiger partial charge in [0.15, 0.2) is 0 Å². The molecule has 0 saturated heterocycles. The van der Waals surface area contributed by atoms with E-state index in [1.54, 1.807) is 24.1 Å². The van der Waals surface area contributed by atoms with Gasteiger partial charge in [-0.3, -0.25) is 4.79 Å². The maximum Gasteiger partial charge on any atom is 0.250 e. The Labute approximate surface area is 90.5 Å². The Morgan fingerprint density at radius 1 is 1.20 bits per heavy atom. The van der Waals surface area contributed by atoms with Gasteiger partial charge in [-0.15, -0.1) is 0 Å². The van der Waals surface area contributed by atoms with Crippen LogP contribution in [0.2, 0.25) is 0 Å². The third-order valence-corrected chi connectivity index (χ3v) is 2.02. The Morgan fingerprint density at radius 2 is 1.87 bits per heavy atom. The van der Waals surface area contributed by atoms with Gasteiger partial charge in [0, 0.05) is 18.8 Å². The molecule has 0 bridgehead atoms. The molecule has 0 atom stereocenters. The highest BCUT2D eigenvalue weighted by molar-refractivity contribution is 6.01. The molecule has 0 spiro atoms. The minimum Gasteiger partial charge on any atom is -0.312 e. The first-order valence-electron chi connectivity index (χ1n) is 4.88. The highest BCUT2D eigenvalue weighted by atomic mass is 16.2. The Kier molecular flexibility index (Phi) is 4.35. The molecule has 1 amide bonds. The maximum absolute atomic E-state index is 11.6. The number of hydrogen-bond acceptors (Lipinski definition) is 1. The molecule has 0 fully saturated rings. The van der Waals surface area contributed by atoms with Crippen LogP contribution in [0.3, 0.4) is 0 Å². The number of carbonyl (C=O) groups is 1. The van der Waals surface area contributed by atoms with Crippen molar-refractivity contribution in [1.82, 2.24) is 0 Å². The van der Waals surface area contributed by atoms with Crippen molar-refractivity contribution in [1.29, 1.82) is 0 Å². The van der Waals surface area contributed by atoms with Crippen LogP contribution in [0.15, 0.2) is 54.6 Å². The summed E-state index contributed by atoms with van der Waals surface area (Å²) in [6.07, 6.45) is 7.00. The fourth-order valence-electron chi connectivity index (χ4n) is 1.14. The number of rotatable bonds is 3. The van der Waals surface area contributed by atoms with Crippen molar-refractivity contribution in [2.45, 2.75) is 6.92 Å². The summed E-state index contributed by atoms with van der Waals surface area (Å²) >= 11 is 0. The molecule has 0 radical (unpaired) electrons. The van der Waals surface area contributed by atoms with Gasteiger partial charge in [0.1, 0.15) is 0 Å². The molecule has 0 saturated carbocycles. The molecule has 15 heavy (non-hydrogen) atoms. The van der Waals surface area contributed by atoms with Gasteiger partial charge < -0.3 is 4.90 Å². The highest BCUT2D eigenvalue weighted by Crippen LogP contribution is 2.11. The Bertz CT molecular complexity index is 365. The molecular weight excluding hydrogens is 186 g/mol. The number of likely N-dealkylation sites (N-methyl/N-ethyl adjacent to an activating group) is 1. The fourth-order valence-corrected chi connectivity index (χ4v) is 1.14. The van der Waals surface area contributed by atoms with Crippen LogP contribution >= 0.6 is 0 Å². The van der Waals surface area contributed by atoms with E-state index in [4.69, 9.17) is 0 Å². The minimum absolute atomic E-state index is 0.0284. The molecule has 0 N–H and O–H groups in total. The maximum atomic E-state index is 11.6. The van der Waals surface area contributed by atoms with Crippen molar-refractivity contribution in [3.8, 4) is 0 Å². The molecule has 0 heterocycles. The van der Waals surface area contributed by atoms with E-state index in [9.17, 15) is 4.79 Å². The first kappa shape index (κ1) is 11.2. The van der Waals surface area contributed by atoms with E-state index in [0.29, 0.717) is 0 Å². The molecule has 0 aromatic heterocycles. The van der Waals surface area contributed by atoms with Crippen molar-refractivity contribution < 1.29 is 4.79 Å². The summed E-state index contributed by atoms with van der Waals surface area (Å²) < 4.78 is 0. The van der Waals surface area contributed by atoms with E-state index in [-0.39, 0.29) is 5.91 Å². The van der Waals surface area contributed by atoms with Crippen LogP contribution in [-0.4, -0.2) is 13.0 Å². The van der Waals surface area contributed by atoms with Crippen LogP contribution in [0, 0.1) is 0 Å². The minimum atomic E-state index is -0.0284. The lowest BCUT2D eigenvalue weighted by Gasteiger charge is -2.14.